The molecule has 0 aliphatic rings. The molecule has 0 aliphatic heterocycles. The quantitative estimate of drug-likeness (QED) is 0.778. The Kier molecular flexibility index (Phi) is 2.33. The largest absolute Gasteiger partial charge is 0.397 e. The SMILES string of the molecule is Nc1cccnc1-c1cc(F)cc(F)c1. The Bertz CT molecular complexity index is 477. The zero-order valence-electron chi connectivity index (χ0n) is 7.74. The highest BCUT2D eigenvalue weighted by Crippen LogP contribution is 2.24. The molecular weight excluding hydrogens is 198 g/mol. The first-order valence-electron chi connectivity index (χ1n) is 4.34. The lowest BCUT2D eigenvalue weighted by Crippen LogP contribution is -1.93. The van der Waals surface area contributed by atoms with Gasteiger partial charge in [-0.05, 0) is 24.3 Å². The molecule has 2 nitrogen and oxygen atoms in total. The standard InChI is InChI=1S/C11H8F2N2/c12-8-4-7(5-9(13)6-8)11-10(14)2-1-3-15-11/h1-6H,14H2. The number of pyridine rings is 1. The van der Waals surface area contributed by atoms with Crippen LogP contribution in [0.3, 0.4) is 0 Å². The summed E-state index contributed by atoms with van der Waals surface area (Å²) in [6.07, 6.45) is 1.52. The molecule has 0 amide bonds. The number of halogens is 2. The third-order valence-electron chi connectivity index (χ3n) is 1.97. The second kappa shape index (κ2) is 3.65. The highest BCUT2D eigenvalue weighted by atomic mass is 19.1. The van der Waals surface area contributed by atoms with Gasteiger partial charge in [0.1, 0.15) is 11.6 Å². The van der Waals surface area contributed by atoms with E-state index in [1.54, 1.807) is 12.1 Å². The van der Waals surface area contributed by atoms with E-state index in [4.69, 9.17) is 5.73 Å². The molecule has 15 heavy (non-hydrogen) atoms. The fraction of sp³-hybridized carbons (Fsp3) is 0. The van der Waals surface area contributed by atoms with Gasteiger partial charge < -0.3 is 5.73 Å². The van der Waals surface area contributed by atoms with Crippen LogP contribution in [0, 0.1) is 11.6 Å². The number of anilines is 1. The van der Waals surface area contributed by atoms with Gasteiger partial charge in [-0.2, -0.15) is 0 Å². The average Bonchev–Trinajstić information content (AvgIpc) is 2.16. The van der Waals surface area contributed by atoms with Gasteiger partial charge in [-0.1, -0.05) is 0 Å². The van der Waals surface area contributed by atoms with Crippen LogP contribution in [-0.2, 0) is 0 Å². The summed E-state index contributed by atoms with van der Waals surface area (Å²) in [5.74, 6) is -1.29. The first-order valence-corrected chi connectivity index (χ1v) is 4.34. The van der Waals surface area contributed by atoms with Crippen LogP contribution in [0.1, 0.15) is 0 Å². The predicted molar refractivity (Wildman–Crippen MR) is 54.0 cm³/mol. The zero-order valence-corrected chi connectivity index (χ0v) is 7.74. The first kappa shape index (κ1) is 9.58. The number of aromatic nitrogens is 1. The molecule has 0 saturated carbocycles. The summed E-state index contributed by atoms with van der Waals surface area (Å²) in [5, 5.41) is 0. The third kappa shape index (κ3) is 1.93. The lowest BCUT2D eigenvalue weighted by Gasteiger charge is -2.04. The molecule has 2 rings (SSSR count). The molecule has 1 aromatic carbocycles. The Morgan fingerprint density at radius 3 is 2.33 bits per heavy atom. The fourth-order valence-electron chi connectivity index (χ4n) is 1.35. The van der Waals surface area contributed by atoms with Crippen molar-refractivity contribution in [1.29, 1.82) is 0 Å². The Hall–Kier alpha value is -1.97. The van der Waals surface area contributed by atoms with Crippen molar-refractivity contribution >= 4 is 5.69 Å². The van der Waals surface area contributed by atoms with E-state index in [1.165, 1.54) is 18.3 Å². The molecule has 76 valence electrons. The number of hydrogen-bond donors (Lipinski definition) is 1. The average molecular weight is 206 g/mol. The summed E-state index contributed by atoms with van der Waals surface area (Å²) in [7, 11) is 0. The first-order chi connectivity index (χ1) is 7.16. The lowest BCUT2D eigenvalue weighted by atomic mass is 10.1. The van der Waals surface area contributed by atoms with Gasteiger partial charge in [0.15, 0.2) is 0 Å². The normalized spacial score (nSPS) is 10.3. The third-order valence-corrected chi connectivity index (χ3v) is 1.97. The second-order valence-corrected chi connectivity index (χ2v) is 3.10. The maximum atomic E-state index is 12.9. The van der Waals surface area contributed by atoms with Crippen LogP contribution in [-0.4, -0.2) is 4.98 Å². The minimum Gasteiger partial charge on any atom is -0.397 e. The smallest absolute Gasteiger partial charge is 0.126 e. The molecule has 0 spiro atoms. The highest BCUT2D eigenvalue weighted by Gasteiger charge is 2.06. The van der Waals surface area contributed by atoms with E-state index >= 15 is 0 Å². The van der Waals surface area contributed by atoms with Crippen molar-refractivity contribution < 1.29 is 8.78 Å². The fourth-order valence-corrected chi connectivity index (χ4v) is 1.35. The van der Waals surface area contributed by atoms with Gasteiger partial charge in [0.25, 0.3) is 0 Å². The van der Waals surface area contributed by atoms with Crippen molar-refractivity contribution in [2.75, 3.05) is 5.73 Å². The van der Waals surface area contributed by atoms with Crippen LogP contribution in [0.15, 0.2) is 36.5 Å². The van der Waals surface area contributed by atoms with Crippen LogP contribution in [0.25, 0.3) is 11.3 Å². The van der Waals surface area contributed by atoms with Crippen molar-refractivity contribution in [3.63, 3.8) is 0 Å². The molecule has 0 aliphatic carbocycles. The molecule has 1 aromatic heterocycles. The highest BCUT2D eigenvalue weighted by molar-refractivity contribution is 5.72. The van der Waals surface area contributed by atoms with Crippen molar-refractivity contribution in [2.45, 2.75) is 0 Å². The number of nitrogen functional groups attached to an aromatic ring is 1. The van der Waals surface area contributed by atoms with Gasteiger partial charge in [-0.15, -0.1) is 0 Å². The molecule has 4 heteroatoms. The molecule has 2 N–H and O–H groups in total. The van der Waals surface area contributed by atoms with Gasteiger partial charge in [0, 0.05) is 17.8 Å². The topological polar surface area (TPSA) is 38.9 Å². The Morgan fingerprint density at radius 2 is 1.73 bits per heavy atom. The molecule has 0 bridgehead atoms. The molecule has 0 fully saturated rings. The molecule has 2 aromatic rings. The number of nitrogens with two attached hydrogens (primary N) is 1. The lowest BCUT2D eigenvalue weighted by molar-refractivity contribution is 0.584. The van der Waals surface area contributed by atoms with E-state index in [-0.39, 0.29) is 0 Å². The minimum absolute atomic E-state index is 0.339. The summed E-state index contributed by atoms with van der Waals surface area (Å²) in [6, 6.07) is 6.49. The van der Waals surface area contributed by atoms with Gasteiger partial charge in [-0.3, -0.25) is 4.98 Å². The van der Waals surface area contributed by atoms with Crippen molar-refractivity contribution in [2.24, 2.45) is 0 Å². The molecule has 0 saturated heterocycles. The van der Waals surface area contributed by atoms with E-state index in [0.29, 0.717) is 16.9 Å². The van der Waals surface area contributed by atoms with E-state index in [2.05, 4.69) is 4.98 Å². The summed E-state index contributed by atoms with van der Waals surface area (Å²) in [5.41, 5.74) is 6.76. The van der Waals surface area contributed by atoms with Gasteiger partial charge in [0.05, 0.1) is 11.4 Å². The van der Waals surface area contributed by atoms with Crippen molar-refractivity contribution in [3.05, 3.63) is 48.2 Å². The summed E-state index contributed by atoms with van der Waals surface area (Å²) >= 11 is 0. The maximum absolute atomic E-state index is 12.9. The monoisotopic (exact) mass is 206 g/mol. The van der Waals surface area contributed by atoms with Crippen LogP contribution >= 0.6 is 0 Å². The molecular formula is C11H8F2N2. The van der Waals surface area contributed by atoms with Gasteiger partial charge >= 0.3 is 0 Å². The molecule has 0 radical (unpaired) electrons. The second-order valence-electron chi connectivity index (χ2n) is 3.10. The van der Waals surface area contributed by atoms with Crippen LogP contribution in [0.4, 0.5) is 14.5 Å². The maximum Gasteiger partial charge on any atom is 0.126 e. The van der Waals surface area contributed by atoms with Gasteiger partial charge in [0.2, 0.25) is 0 Å². The van der Waals surface area contributed by atoms with E-state index in [9.17, 15) is 8.78 Å². The number of rotatable bonds is 1. The van der Waals surface area contributed by atoms with E-state index < -0.39 is 11.6 Å². The van der Waals surface area contributed by atoms with E-state index in [1.807, 2.05) is 0 Å². The predicted octanol–water partition coefficient (Wildman–Crippen LogP) is 2.61. The minimum atomic E-state index is -0.643. The Morgan fingerprint density at radius 1 is 1.07 bits per heavy atom. The summed E-state index contributed by atoms with van der Waals surface area (Å²) in [4.78, 5) is 3.97. The zero-order chi connectivity index (χ0) is 10.8. The van der Waals surface area contributed by atoms with Crippen LogP contribution < -0.4 is 5.73 Å². The Labute approximate surface area is 85.4 Å². The van der Waals surface area contributed by atoms with Gasteiger partial charge in [-0.25, -0.2) is 8.78 Å². The van der Waals surface area contributed by atoms with Crippen molar-refractivity contribution in [3.8, 4) is 11.3 Å². The van der Waals surface area contributed by atoms with E-state index in [0.717, 1.165) is 6.07 Å². The van der Waals surface area contributed by atoms with Crippen LogP contribution in [0.2, 0.25) is 0 Å². The summed E-state index contributed by atoms with van der Waals surface area (Å²) < 4.78 is 25.9. The number of nitrogens with zero attached hydrogens (tertiary/aromatic N) is 1. The molecule has 0 unspecified atom stereocenters. The molecule has 0 atom stereocenters. The summed E-state index contributed by atoms with van der Waals surface area (Å²) in [6.45, 7) is 0. The number of benzene rings is 1. The molecule has 1 heterocycles. The van der Waals surface area contributed by atoms with Crippen molar-refractivity contribution in [1.82, 2.24) is 4.98 Å². The number of hydrogen-bond acceptors (Lipinski definition) is 2. The Balaban J connectivity index is 2.59. The van der Waals surface area contributed by atoms with Crippen LogP contribution in [0.5, 0.6) is 0 Å².